The average Bonchev–Trinajstić information content (AvgIpc) is 2.10. The maximum atomic E-state index is 8.37. The lowest BCUT2D eigenvalue weighted by atomic mass is 10.2. The molecule has 1 aromatic carbocycles. The van der Waals surface area contributed by atoms with Crippen molar-refractivity contribution in [3.05, 3.63) is 23.8 Å². The second-order valence-electron chi connectivity index (χ2n) is 2.50. The van der Waals surface area contributed by atoms with Crippen LogP contribution in [-0.4, -0.2) is 4.08 Å². The summed E-state index contributed by atoms with van der Waals surface area (Å²) in [4.78, 5) is 3.95. The van der Waals surface area contributed by atoms with Crippen LogP contribution in [0.1, 0.15) is 5.56 Å². The summed E-state index contributed by atoms with van der Waals surface area (Å²) in [6.45, 7) is 1.84. The van der Waals surface area contributed by atoms with E-state index in [1.54, 1.807) is 24.5 Å². The molecule has 0 bridgehead atoms. The monoisotopic (exact) mass is 272 g/mol. The summed E-state index contributed by atoms with van der Waals surface area (Å²) >= 11 is 8.55. The van der Waals surface area contributed by atoms with Gasteiger partial charge in [0.2, 0.25) is 0 Å². The molecular weight excluding hydrogens is 267 g/mol. The molecule has 0 saturated heterocycles. The average molecular weight is 274 g/mol. The van der Waals surface area contributed by atoms with E-state index in [0.717, 1.165) is 5.56 Å². The highest BCUT2D eigenvalue weighted by molar-refractivity contribution is 9.19. The Labute approximate surface area is 95.1 Å². The zero-order valence-corrected chi connectivity index (χ0v) is 9.63. The van der Waals surface area contributed by atoms with Gasteiger partial charge in [-0.05, 0) is 34.5 Å². The smallest absolute Gasteiger partial charge is 0.292 e. The van der Waals surface area contributed by atoms with Gasteiger partial charge in [-0.25, -0.2) is 4.99 Å². The molecule has 0 N–H and O–H groups in total. The van der Waals surface area contributed by atoms with Crippen LogP contribution in [0.4, 0.5) is 5.69 Å². The van der Waals surface area contributed by atoms with Crippen LogP contribution in [0.2, 0.25) is 0 Å². The highest BCUT2D eigenvalue weighted by Crippen LogP contribution is 2.25. The fraction of sp³-hybridized carbons (Fsp3) is 0.111. The van der Waals surface area contributed by atoms with Crippen molar-refractivity contribution in [1.29, 1.82) is 5.26 Å². The van der Waals surface area contributed by atoms with Gasteiger partial charge < -0.3 is 4.74 Å². The Morgan fingerprint density at radius 2 is 2.36 bits per heavy atom. The number of hydrogen-bond donors (Lipinski definition) is 0. The van der Waals surface area contributed by atoms with E-state index in [1.165, 1.54) is 0 Å². The number of rotatable bonds is 2. The number of halogens is 2. The number of aliphatic imine (C=N–C) groups is 1. The van der Waals surface area contributed by atoms with Crippen molar-refractivity contribution in [3.63, 3.8) is 0 Å². The van der Waals surface area contributed by atoms with Gasteiger partial charge >= 0.3 is 0 Å². The van der Waals surface area contributed by atoms with Crippen LogP contribution >= 0.6 is 27.5 Å². The van der Waals surface area contributed by atoms with Crippen molar-refractivity contribution in [2.24, 2.45) is 4.99 Å². The molecule has 0 fully saturated rings. The van der Waals surface area contributed by atoms with Crippen LogP contribution < -0.4 is 4.74 Å². The van der Waals surface area contributed by atoms with Gasteiger partial charge in [0.1, 0.15) is 5.75 Å². The molecule has 0 aromatic heterocycles. The van der Waals surface area contributed by atoms with Crippen LogP contribution in [0.5, 0.6) is 5.75 Å². The fourth-order valence-corrected chi connectivity index (χ4v) is 1.22. The fourth-order valence-electron chi connectivity index (χ4n) is 0.915. The number of benzene rings is 1. The van der Waals surface area contributed by atoms with Crippen molar-refractivity contribution in [2.45, 2.75) is 6.92 Å². The zero-order valence-electron chi connectivity index (χ0n) is 7.29. The number of aryl methyl sites for hydroxylation is 1. The summed E-state index contributed by atoms with van der Waals surface area (Å²) in [7, 11) is 0. The van der Waals surface area contributed by atoms with Crippen LogP contribution in [0.25, 0.3) is 0 Å². The predicted octanol–water partition coefficient (Wildman–Crippen LogP) is 3.48. The van der Waals surface area contributed by atoms with Gasteiger partial charge in [0.25, 0.3) is 6.26 Å². The third-order valence-corrected chi connectivity index (χ3v) is 1.80. The molecule has 3 nitrogen and oxygen atoms in total. The van der Waals surface area contributed by atoms with Gasteiger partial charge in [0.05, 0.1) is 5.69 Å². The molecule has 0 atom stereocenters. The minimum atomic E-state index is 0.254. The highest BCUT2D eigenvalue weighted by Gasteiger charge is 2.01. The highest BCUT2D eigenvalue weighted by atomic mass is 79.9. The van der Waals surface area contributed by atoms with E-state index in [2.05, 4.69) is 20.9 Å². The minimum Gasteiger partial charge on any atom is -0.388 e. The Bertz CT molecular complexity index is 408. The second kappa shape index (κ2) is 4.99. The largest absolute Gasteiger partial charge is 0.388 e. The van der Waals surface area contributed by atoms with Gasteiger partial charge in [-0.2, -0.15) is 0 Å². The Kier molecular flexibility index (Phi) is 3.93. The van der Waals surface area contributed by atoms with Crippen LogP contribution in [0.15, 0.2) is 23.2 Å². The van der Waals surface area contributed by atoms with E-state index in [-0.39, 0.29) is 4.08 Å². The number of hydrogen-bond acceptors (Lipinski definition) is 3. The first kappa shape index (κ1) is 11.0. The molecule has 5 heteroatoms. The number of nitriles is 1. The van der Waals surface area contributed by atoms with Crippen molar-refractivity contribution >= 4 is 37.3 Å². The standard InChI is InChI=1S/C9H6BrClN2O/c1-6-2-3-7(13-9(10)11)4-8(6)14-5-12/h2-4H,1H3. The maximum Gasteiger partial charge on any atom is 0.292 e. The molecule has 0 aliphatic rings. The molecule has 0 amide bonds. The minimum absolute atomic E-state index is 0.254. The molecular formula is C9H6BrClN2O. The van der Waals surface area contributed by atoms with Crippen LogP contribution in [0.3, 0.4) is 0 Å². The molecule has 0 aliphatic carbocycles. The Hall–Kier alpha value is -1.05. The van der Waals surface area contributed by atoms with E-state index >= 15 is 0 Å². The quantitative estimate of drug-likeness (QED) is 0.612. The summed E-state index contributed by atoms with van der Waals surface area (Å²) < 4.78 is 4.99. The molecule has 0 saturated carbocycles. The molecule has 72 valence electrons. The first-order chi connectivity index (χ1) is 6.63. The van der Waals surface area contributed by atoms with Gasteiger partial charge in [0, 0.05) is 6.07 Å². The normalized spacial score (nSPS) is 10.9. The maximum absolute atomic E-state index is 8.37. The van der Waals surface area contributed by atoms with Crippen molar-refractivity contribution in [1.82, 2.24) is 0 Å². The van der Waals surface area contributed by atoms with Gasteiger partial charge in [0.15, 0.2) is 4.08 Å². The van der Waals surface area contributed by atoms with E-state index in [9.17, 15) is 0 Å². The van der Waals surface area contributed by atoms with Crippen LogP contribution in [0, 0.1) is 18.4 Å². The van der Waals surface area contributed by atoms with Gasteiger partial charge in [-0.1, -0.05) is 17.7 Å². The van der Waals surface area contributed by atoms with E-state index in [0.29, 0.717) is 11.4 Å². The van der Waals surface area contributed by atoms with Crippen LogP contribution in [-0.2, 0) is 0 Å². The third kappa shape index (κ3) is 3.02. The Morgan fingerprint density at radius 1 is 1.64 bits per heavy atom. The third-order valence-electron chi connectivity index (χ3n) is 1.54. The van der Waals surface area contributed by atoms with Gasteiger partial charge in [-0.3, -0.25) is 0 Å². The molecule has 0 heterocycles. The lowest BCUT2D eigenvalue weighted by Crippen LogP contribution is -1.85. The van der Waals surface area contributed by atoms with Crippen molar-refractivity contribution in [3.8, 4) is 12.0 Å². The first-order valence-electron chi connectivity index (χ1n) is 3.70. The second-order valence-corrected chi connectivity index (χ2v) is 4.06. The number of nitrogens with zero attached hydrogens (tertiary/aromatic N) is 2. The Balaban J connectivity index is 3.07. The topological polar surface area (TPSA) is 45.4 Å². The molecule has 14 heavy (non-hydrogen) atoms. The van der Waals surface area contributed by atoms with E-state index in [1.807, 2.05) is 6.92 Å². The molecule has 1 aromatic rings. The summed E-state index contributed by atoms with van der Waals surface area (Å²) in [6.07, 6.45) is 1.61. The van der Waals surface area contributed by atoms with Gasteiger partial charge in [-0.15, -0.1) is 5.26 Å². The zero-order chi connectivity index (χ0) is 10.6. The van der Waals surface area contributed by atoms with E-state index in [4.69, 9.17) is 21.6 Å². The lowest BCUT2D eigenvalue weighted by molar-refractivity contribution is 0.503. The van der Waals surface area contributed by atoms with E-state index < -0.39 is 0 Å². The lowest BCUT2D eigenvalue weighted by Gasteiger charge is -2.01. The first-order valence-corrected chi connectivity index (χ1v) is 4.87. The molecule has 0 spiro atoms. The summed E-state index contributed by atoms with van der Waals surface area (Å²) in [5.41, 5.74) is 1.50. The SMILES string of the molecule is Cc1ccc(N=C(Cl)Br)cc1OC#N. The summed E-state index contributed by atoms with van der Waals surface area (Å²) in [6, 6.07) is 5.23. The molecule has 0 aliphatic heterocycles. The summed E-state index contributed by atoms with van der Waals surface area (Å²) in [5, 5.41) is 8.37. The Morgan fingerprint density at radius 3 is 2.93 bits per heavy atom. The summed E-state index contributed by atoms with van der Waals surface area (Å²) in [5.74, 6) is 0.485. The predicted molar refractivity (Wildman–Crippen MR) is 59.3 cm³/mol. The molecule has 0 unspecified atom stereocenters. The van der Waals surface area contributed by atoms with Crippen molar-refractivity contribution < 1.29 is 4.74 Å². The molecule has 0 radical (unpaired) electrons. The molecule has 1 rings (SSSR count). The number of ether oxygens (including phenoxy) is 1. The van der Waals surface area contributed by atoms with Crippen molar-refractivity contribution in [2.75, 3.05) is 0 Å².